The molecule has 3 amide bonds. The highest BCUT2D eigenvalue weighted by atomic mass is 35.5. The van der Waals surface area contributed by atoms with Crippen molar-refractivity contribution in [2.75, 3.05) is 44.7 Å². The molecular formula is C41H52ClN9O4S. The van der Waals surface area contributed by atoms with Gasteiger partial charge in [-0.25, -0.2) is 4.98 Å². The zero-order valence-electron chi connectivity index (χ0n) is 31.8. The van der Waals surface area contributed by atoms with Gasteiger partial charge in [0.2, 0.25) is 17.7 Å². The average molecular weight is 802 g/mol. The van der Waals surface area contributed by atoms with Crippen molar-refractivity contribution in [2.24, 2.45) is 11.5 Å². The van der Waals surface area contributed by atoms with Crippen molar-refractivity contribution >= 4 is 57.7 Å². The second-order valence-corrected chi connectivity index (χ2v) is 16.4. The molecule has 5 heterocycles. The molecule has 0 radical (unpaired) electrons. The first-order chi connectivity index (χ1) is 27.2. The Balaban J connectivity index is 1.29. The molecule has 4 aromatic rings. The number of fused-ring (bicyclic) bond motifs is 5. The fourth-order valence-electron chi connectivity index (χ4n) is 8.00. The molecule has 2 fully saturated rings. The van der Waals surface area contributed by atoms with Crippen LogP contribution in [0.1, 0.15) is 60.8 Å². The first kappa shape index (κ1) is 40.0. The van der Waals surface area contributed by atoms with Gasteiger partial charge in [0.1, 0.15) is 11.1 Å². The molecule has 0 saturated carbocycles. The highest BCUT2D eigenvalue weighted by molar-refractivity contribution is 7.99. The van der Waals surface area contributed by atoms with E-state index in [0.29, 0.717) is 69.8 Å². The maximum Gasteiger partial charge on any atom is 0.245 e. The molecule has 7 rings (SSSR count). The highest BCUT2D eigenvalue weighted by Gasteiger charge is 2.39. The zero-order chi connectivity index (χ0) is 39.2. The molecule has 15 heteroatoms. The number of para-hydroxylation sites is 1. The predicted octanol–water partition coefficient (Wildman–Crippen LogP) is 3.83. The van der Waals surface area contributed by atoms with E-state index in [2.05, 4.69) is 44.0 Å². The summed E-state index contributed by atoms with van der Waals surface area (Å²) in [4.78, 5) is 54.3. The second kappa shape index (κ2) is 18.4. The molecule has 3 aliphatic heterocycles. The van der Waals surface area contributed by atoms with Gasteiger partial charge in [-0.3, -0.25) is 14.4 Å². The number of halogens is 1. The molecule has 298 valence electrons. The van der Waals surface area contributed by atoms with Gasteiger partial charge < -0.3 is 46.9 Å². The number of H-pyrrole nitrogens is 1. The van der Waals surface area contributed by atoms with Crippen LogP contribution in [0.25, 0.3) is 10.9 Å². The first-order valence-corrected chi connectivity index (χ1v) is 20.8. The number of hydrogen-bond donors (Lipinski definition) is 6. The number of nitrogens with zero attached hydrogens (tertiary/aromatic N) is 3. The van der Waals surface area contributed by atoms with E-state index >= 15 is 0 Å². The summed E-state index contributed by atoms with van der Waals surface area (Å²) >= 11 is 8.67. The number of hydrogen-bond acceptors (Lipinski definition) is 10. The molecule has 0 spiro atoms. The van der Waals surface area contributed by atoms with Crippen molar-refractivity contribution < 1.29 is 19.1 Å². The number of nitrogens with one attached hydrogen (secondary N) is 4. The molecule has 2 unspecified atom stereocenters. The summed E-state index contributed by atoms with van der Waals surface area (Å²) in [6, 6.07) is 13.1. The number of carbonyl (C=O) groups excluding carboxylic acids is 3. The molecule has 13 nitrogen and oxygen atoms in total. The van der Waals surface area contributed by atoms with Crippen LogP contribution in [-0.4, -0.2) is 96.7 Å². The number of amides is 3. The topological polar surface area (TPSA) is 184 Å². The van der Waals surface area contributed by atoms with Crippen molar-refractivity contribution in [1.29, 1.82) is 0 Å². The van der Waals surface area contributed by atoms with Crippen LogP contribution in [0.4, 0.5) is 5.69 Å². The number of aromatic nitrogens is 2. The van der Waals surface area contributed by atoms with Gasteiger partial charge in [-0.05, 0) is 92.6 Å². The van der Waals surface area contributed by atoms with E-state index < -0.39 is 12.1 Å². The Labute approximate surface area is 337 Å². The fraction of sp³-hybridized carbons (Fsp3) is 0.463. The number of aromatic amines is 1. The van der Waals surface area contributed by atoms with E-state index in [1.54, 1.807) is 7.05 Å². The van der Waals surface area contributed by atoms with Crippen molar-refractivity contribution in [3.05, 3.63) is 82.1 Å². The molecule has 2 aromatic heterocycles. The number of benzene rings is 2. The third-order valence-corrected chi connectivity index (χ3v) is 12.7. The average Bonchev–Trinajstić information content (AvgIpc) is 3.95. The van der Waals surface area contributed by atoms with Crippen LogP contribution in [0.15, 0.2) is 64.8 Å². The SMILES string of the molecule is CN1CC(=O)NCc2cc(N3CC4CC3CO4)cc(Cl)c2Sc2nccc(Cc3c[nH]c4ccccc34)c2CN[C@@H](CCCN)C(=O)N[C@@H](CCCCN)C1=O. The minimum Gasteiger partial charge on any atom is -0.374 e. The van der Waals surface area contributed by atoms with Crippen LogP contribution in [0, 0.1) is 0 Å². The Morgan fingerprint density at radius 1 is 1.00 bits per heavy atom. The van der Waals surface area contributed by atoms with Gasteiger partial charge in [-0.1, -0.05) is 41.6 Å². The number of unbranched alkanes of at least 4 members (excludes halogenated alkanes) is 1. The van der Waals surface area contributed by atoms with Crippen LogP contribution >= 0.6 is 23.4 Å². The molecule has 8 N–H and O–H groups in total. The van der Waals surface area contributed by atoms with E-state index in [-0.39, 0.29) is 43.0 Å². The molecular weight excluding hydrogens is 750 g/mol. The lowest BCUT2D eigenvalue weighted by molar-refractivity contribution is -0.138. The van der Waals surface area contributed by atoms with Crippen LogP contribution < -0.4 is 32.3 Å². The zero-order valence-corrected chi connectivity index (χ0v) is 33.4. The summed E-state index contributed by atoms with van der Waals surface area (Å²) in [5.41, 5.74) is 17.7. The van der Waals surface area contributed by atoms with Crippen LogP contribution in [0.3, 0.4) is 0 Å². The van der Waals surface area contributed by atoms with Gasteiger partial charge in [-0.15, -0.1) is 0 Å². The van der Waals surface area contributed by atoms with Crippen LogP contribution in [-0.2, 0) is 38.6 Å². The molecule has 2 aromatic carbocycles. The van der Waals surface area contributed by atoms with Gasteiger partial charge in [-0.2, -0.15) is 0 Å². The predicted molar refractivity (Wildman–Crippen MR) is 220 cm³/mol. The third-order valence-electron chi connectivity index (χ3n) is 11.0. The number of carbonyl (C=O) groups is 3. The Hall–Kier alpha value is -4.18. The van der Waals surface area contributed by atoms with Crippen molar-refractivity contribution in [3.8, 4) is 0 Å². The lowest BCUT2D eigenvalue weighted by atomic mass is 10.0. The number of pyridine rings is 1. The first-order valence-electron chi connectivity index (χ1n) is 19.6. The summed E-state index contributed by atoms with van der Waals surface area (Å²) in [5.74, 6) is -0.967. The standard InChI is InChI=1S/C41H52ClN9O4S/c1-50-23-37(52)48-20-27-16-28(51-22-30-17-29(51)24-55-30)18-33(42)38(27)56-40-32(25(11-14-45-40)15-26-19-46-34-8-3-2-7-31(26)34)21-47-35(10-6-13-44)39(53)49-36(41(50)54)9-4-5-12-43/h2-3,7-8,11,14,16,18-19,29-30,35-36,46-47H,4-6,9-10,12-13,15,17,20-24,43-44H2,1H3,(H,48,52)(H,49,53)/t29?,30?,35-,36-/m0/s1. The summed E-state index contributed by atoms with van der Waals surface area (Å²) < 4.78 is 5.88. The number of rotatable bonds is 10. The lowest BCUT2D eigenvalue weighted by Gasteiger charge is -2.30. The summed E-state index contributed by atoms with van der Waals surface area (Å²) in [6.07, 6.45) is 8.45. The monoisotopic (exact) mass is 801 g/mol. The number of anilines is 1. The largest absolute Gasteiger partial charge is 0.374 e. The van der Waals surface area contributed by atoms with Crippen molar-refractivity contribution in [2.45, 2.75) is 92.2 Å². The molecule has 4 atom stereocenters. The van der Waals surface area contributed by atoms with E-state index in [9.17, 15) is 14.4 Å². The van der Waals surface area contributed by atoms with Crippen LogP contribution in [0.5, 0.6) is 0 Å². The van der Waals surface area contributed by atoms with Gasteiger partial charge in [0.05, 0.1) is 36.4 Å². The van der Waals surface area contributed by atoms with Gasteiger partial charge in [0, 0.05) is 72.5 Å². The quantitative estimate of drug-likeness (QED) is 0.129. The van der Waals surface area contributed by atoms with Gasteiger partial charge in [0.25, 0.3) is 0 Å². The van der Waals surface area contributed by atoms with E-state index in [0.717, 1.165) is 61.7 Å². The summed E-state index contributed by atoms with van der Waals surface area (Å²) in [7, 11) is 1.59. The van der Waals surface area contributed by atoms with Gasteiger partial charge >= 0.3 is 0 Å². The number of likely N-dealkylation sites (N-methyl/N-ethyl adjacent to an activating group) is 1. The Kier molecular flexibility index (Phi) is 13.1. The van der Waals surface area contributed by atoms with Gasteiger partial charge in [0.15, 0.2) is 0 Å². The smallest absolute Gasteiger partial charge is 0.245 e. The Morgan fingerprint density at radius 2 is 1.82 bits per heavy atom. The highest BCUT2D eigenvalue weighted by Crippen LogP contribution is 2.42. The minimum absolute atomic E-state index is 0.179. The Bertz CT molecular complexity index is 2050. The minimum atomic E-state index is -0.825. The van der Waals surface area contributed by atoms with Crippen molar-refractivity contribution in [1.82, 2.24) is 30.8 Å². The molecule has 3 aliphatic rings. The molecule has 0 aliphatic carbocycles. The van der Waals surface area contributed by atoms with E-state index in [1.165, 1.54) is 16.7 Å². The summed E-state index contributed by atoms with van der Waals surface area (Å²) in [6.45, 7) is 2.67. The third kappa shape index (κ3) is 9.17. The number of morpholine rings is 1. The molecule has 56 heavy (non-hydrogen) atoms. The number of ether oxygens (including phenoxy) is 1. The normalized spacial score (nSPS) is 22.2. The maximum atomic E-state index is 14.1. The number of nitrogens with two attached hydrogens (primary N) is 2. The summed E-state index contributed by atoms with van der Waals surface area (Å²) in [5, 5.41) is 12.0. The fourth-order valence-corrected chi connectivity index (χ4v) is 9.40. The molecule has 2 saturated heterocycles. The maximum absolute atomic E-state index is 14.1. The lowest BCUT2D eigenvalue weighted by Crippen LogP contribution is -2.54. The van der Waals surface area contributed by atoms with E-state index in [4.69, 9.17) is 32.8 Å². The molecule has 2 bridgehead atoms. The van der Waals surface area contributed by atoms with Crippen LogP contribution in [0.2, 0.25) is 5.02 Å². The van der Waals surface area contributed by atoms with E-state index in [1.807, 2.05) is 36.7 Å². The van der Waals surface area contributed by atoms with Crippen molar-refractivity contribution in [3.63, 3.8) is 0 Å². The Morgan fingerprint density at radius 3 is 2.61 bits per heavy atom. The second-order valence-electron chi connectivity index (χ2n) is 15.0.